The van der Waals surface area contributed by atoms with Crippen LogP contribution in [0.2, 0.25) is 0 Å². The fourth-order valence-electron chi connectivity index (χ4n) is 4.45. The molecule has 0 saturated heterocycles. The van der Waals surface area contributed by atoms with Gasteiger partial charge in [-0.05, 0) is 35.6 Å². The van der Waals surface area contributed by atoms with Crippen LogP contribution in [-0.4, -0.2) is 29.9 Å². The van der Waals surface area contributed by atoms with Gasteiger partial charge in [-0.3, -0.25) is 19.7 Å². The molecule has 0 spiro atoms. The summed E-state index contributed by atoms with van der Waals surface area (Å²) in [7, 11) is 1.33. The quantitative estimate of drug-likeness (QED) is 0.118. The van der Waals surface area contributed by atoms with Crippen LogP contribution in [0, 0.1) is 10.1 Å². The van der Waals surface area contributed by atoms with Gasteiger partial charge in [0.05, 0.1) is 24.1 Å². The van der Waals surface area contributed by atoms with Gasteiger partial charge < -0.3 is 14.4 Å². The SMILES string of the molecule is CCCCC(=O)OCc1cccc([N+](=O)[O-])c1N(Cc1ccc(-c2ccccc2C(=O)OC)cc1)C(=O)CCCC. The number of ether oxygens (including phenoxy) is 2. The molecule has 1 amide bonds. The molecule has 0 aliphatic carbocycles. The molecule has 216 valence electrons. The molecule has 0 aliphatic heterocycles. The minimum atomic E-state index is -0.523. The van der Waals surface area contributed by atoms with E-state index in [4.69, 9.17) is 9.47 Å². The molecule has 0 unspecified atom stereocenters. The monoisotopic (exact) mass is 560 g/mol. The molecule has 41 heavy (non-hydrogen) atoms. The van der Waals surface area contributed by atoms with Crippen molar-refractivity contribution in [3.05, 3.63) is 93.5 Å². The molecule has 0 heterocycles. The summed E-state index contributed by atoms with van der Waals surface area (Å²) < 4.78 is 10.3. The first-order valence-electron chi connectivity index (χ1n) is 13.8. The second-order valence-corrected chi connectivity index (χ2v) is 9.62. The molecule has 9 heteroatoms. The number of hydrogen-bond donors (Lipinski definition) is 0. The molecule has 0 saturated carbocycles. The molecule has 0 aliphatic rings. The van der Waals surface area contributed by atoms with Crippen molar-refractivity contribution in [1.82, 2.24) is 0 Å². The molecular formula is C32H36N2O7. The molecule has 0 fully saturated rings. The second kappa shape index (κ2) is 15.3. The fraction of sp³-hybridized carbons (Fsp3) is 0.344. The highest BCUT2D eigenvalue weighted by atomic mass is 16.6. The van der Waals surface area contributed by atoms with E-state index in [0.717, 1.165) is 24.0 Å². The van der Waals surface area contributed by atoms with Crippen molar-refractivity contribution >= 4 is 29.2 Å². The second-order valence-electron chi connectivity index (χ2n) is 9.62. The maximum atomic E-state index is 13.5. The summed E-state index contributed by atoms with van der Waals surface area (Å²) in [4.78, 5) is 50.9. The van der Waals surface area contributed by atoms with Crippen molar-refractivity contribution in [3.63, 3.8) is 0 Å². The van der Waals surface area contributed by atoms with E-state index >= 15 is 0 Å². The van der Waals surface area contributed by atoms with Gasteiger partial charge in [0.2, 0.25) is 5.91 Å². The van der Waals surface area contributed by atoms with Gasteiger partial charge in [-0.25, -0.2) is 4.79 Å². The maximum Gasteiger partial charge on any atom is 0.338 e. The average molecular weight is 561 g/mol. The van der Waals surface area contributed by atoms with Gasteiger partial charge in [-0.1, -0.05) is 81.3 Å². The van der Waals surface area contributed by atoms with Gasteiger partial charge in [0.25, 0.3) is 5.69 Å². The van der Waals surface area contributed by atoms with Gasteiger partial charge in [0.15, 0.2) is 0 Å². The Morgan fingerprint density at radius 3 is 2.22 bits per heavy atom. The Kier molecular flexibility index (Phi) is 11.6. The number of nitrogens with zero attached hydrogens (tertiary/aromatic N) is 2. The summed E-state index contributed by atoms with van der Waals surface area (Å²) in [5, 5.41) is 12.1. The molecule has 3 aromatic carbocycles. The van der Waals surface area contributed by atoms with Crippen molar-refractivity contribution in [2.45, 2.75) is 65.5 Å². The molecule has 3 aromatic rings. The van der Waals surface area contributed by atoms with Crippen LogP contribution in [0.15, 0.2) is 66.7 Å². The van der Waals surface area contributed by atoms with E-state index in [1.165, 1.54) is 24.1 Å². The number of amides is 1. The summed E-state index contributed by atoms with van der Waals surface area (Å²) in [5.74, 6) is -1.10. The highest BCUT2D eigenvalue weighted by Gasteiger charge is 2.28. The lowest BCUT2D eigenvalue weighted by molar-refractivity contribution is -0.384. The summed E-state index contributed by atoms with van der Waals surface area (Å²) >= 11 is 0. The van der Waals surface area contributed by atoms with E-state index in [1.54, 1.807) is 18.2 Å². The first-order valence-corrected chi connectivity index (χ1v) is 13.8. The lowest BCUT2D eigenvalue weighted by Crippen LogP contribution is -2.32. The smallest absolute Gasteiger partial charge is 0.338 e. The highest BCUT2D eigenvalue weighted by Crippen LogP contribution is 2.35. The van der Waals surface area contributed by atoms with Crippen LogP contribution < -0.4 is 4.90 Å². The third-order valence-corrected chi connectivity index (χ3v) is 6.67. The van der Waals surface area contributed by atoms with Crippen LogP contribution in [0.5, 0.6) is 0 Å². The van der Waals surface area contributed by atoms with Crippen molar-refractivity contribution in [2.75, 3.05) is 12.0 Å². The third-order valence-electron chi connectivity index (χ3n) is 6.67. The number of nitro groups is 1. The minimum Gasteiger partial charge on any atom is -0.465 e. The van der Waals surface area contributed by atoms with Crippen LogP contribution >= 0.6 is 0 Å². The fourth-order valence-corrected chi connectivity index (χ4v) is 4.45. The van der Waals surface area contributed by atoms with E-state index in [2.05, 4.69) is 0 Å². The van der Waals surface area contributed by atoms with Crippen molar-refractivity contribution in [1.29, 1.82) is 0 Å². The molecule has 0 bridgehead atoms. The summed E-state index contributed by atoms with van der Waals surface area (Å²) in [5.41, 5.74) is 2.92. The number of benzene rings is 3. The third kappa shape index (κ3) is 8.23. The number of hydrogen-bond acceptors (Lipinski definition) is 7. The first kappa shape index (κ1) is 31.0. The summed E-state index contributed by atoms with van der Waals surface area (Å²) in [6.07, 6.45) is 3.40. The van der Waals surface area contributed by atoms with Gasteiger partial charge >= 0.3 is 11.9 Å². The Hall–Kier alpha value is -4.53. The molecule has 9 nitrogen and oxygen atoms in total. The van der Waals surface area contributed by atoms with E-state index in [9.17, 15) is 24.5 Å². The van der Waals surface area contributed by atoms with Gasteiger partial charge in [-0.2, -0.15) is 0 Å². The number of para-hydroxylation sites is 1. The van der Waals surface area contributed by atoms with E-state index < -0.39 is 16.9 Å². The van der Waals surface area contributed by atoms with Crippen LogP contribution in [0.3, 0.4) is 0 Å². The van der Waals surface area contributed by atoms with Crippen molar-refractivity contribution < 1.29 is 28.8 Å². The lowest BCUT2D eigenvalue weighted by atomic mass is 9.98. The number of anilines is 1. The Morgan fingerprint density at radius 1 is 0.878 bits per heavy atom. The number of nitro benzene ring substituents is 1. The van der Waals surface area contributed by atoms with Crippen LogP contribution in [-0.2, 0) is 32.2 Å². The number of carbonyl (C=O) groups is 3. The zero-order valence-corrected chi connectivity index (χ0v) is 23.8. The maximum absolute atomic E-state index is 13.5. The zero-order valence-electron chi connectivity index (χ0n) is 23.8. The van der Waals surface area contributed by atoms with Crippen molar-refractivity contribution in [2.24, 2.45) is 0 Å². The van der Waals surface area contributed by atoms with Gasteiger partial charge in [0, 0.05) is 24.5 Å². The van der Waals surface area contributed by atoms with Crippen LogP contribution in [0.25, 0.3) is 11.1 Å². The minimum absolute atomic E-state index is 0.0725. The summed E-state index contributed by atoms with van der Waals surface area (Å²) in [6.45, 7) is 3.83. The summed E-state index contributed by atoms with van der Waals surface area (Å²) in [6, 6.07) is 18.9. The molecule has 0 N–H and O–H groups in total. The van der Waals surface area contributed by atoms with Crippen LogP contribution in [0.1, 0.15) is 73.9 Å². The highest BCUT2D eigenvalue weighted by molar-refractivity contribution is 5.98. The average Bonchev–Trinajstić information content (AvgIpc) is 3.00. The van der Waals surface area contributed by atoms with Gasteiger partial charge in [-0.15, -0.1) is 0 Å². The number of carbonyl (C=O) groups excluding carboxylic acids is 3. The molecule has 0 radical (unpaired) electrons. The number of esters is 2. The topological polar surface area (TPSA) is 116 Å². The molecular weight excluding hydrogens is 524 g/mol. The van der Waals surface area contributed by atoms with Gasteiger partial charge in [0.1, 0.15) is 12.3 Å². The van der Waals surface area contributed by atoms with Crippen molar-refractivity contribution in [3.8, 4) is 11.1 Å². The Morgan fingerprint density at radius 2 is 1.56 bits per heavy atom. The number of unbranched alkanes of at least 4 members (excludes halogenated alkanes) is 2. The predicted octanol–water partition coefficient (Wildman–Crippen LogP) is 7.01. The number of methoxy groups -OCH3 is 1. The zero-order chi connectivity index (χ0) is 29.8. The normalized spacial score (nSPS) is 10.6. The van der Waals surface area contributed by atoms with E-state index in [-0.39, 0.29) is 43.3 Å². The van der Waals surface area contributed by atoms with Crippen LogP contribution in [0.4, 0.5) is 11.4 Å². The molecule has 0 aromatic heterocycles. The first-order chi connectivity index (χ1) is 19.8. The largest absolute Gasteiger partial charge is 0.465 e. The molecule has 0 atom stereocenters. The molecule has 3 rings (SSSR count). The van der Waals surface area contributed by atoms with E-state index in [1.807, 2.05) is 50.2 Å². The Bertz CT molecular complexity index is 1370. The van der Waals surface area contributed by atoms with E-state index in [0.29, 0.717) is 29.5 Å². The standard InChI is InChI=1S/C32H36N2O7/c1-4-6-15-29(35)33(31-25(11-10-14-28(31)34(38)39)22-41-30(36)16-7-5-2)21-23-17-19-24(20-18-23)26-12-8-9-13-27(26)32(37)40-3/h8-14,17-20H,4-7,15-16,21-22H2,1-3H3. The Labute approximate surface area is 240 Å². The number of rotatable bonds is 14. The lowest BCUT2D eigenvalue weighted by Gasteiger charge is -2.25. The predicted molar refractivity (Wildman–Crippen MR) is 156 cm³/mol. The Balaban J connectivity index is 1.99.